The molecule has 0 aliphatic carbocycles. The molecule has 3 rings (SSSR count). The molecule has 1 heterocycles. The zero-order chi connectivity index (χ0) is 23.1. The van der Waals surface area contributed by atoms with E-state index in [-0.39, 0.29) is 5.91 Å². The lowest BCUT2D eigenvalue weighted by Crippen LogP contribution is -2.19. The van der Waals surface area contributed by atoms with Gasteiger partial charge in [0.05, 0.1) is 25.7 Å². The molecule has 0 saturated carbocycles. The van der Waals surface area contributed by atoms with Crippen LogP contribution in [-0.2, 0) is 9.59 Å². The second kappa shape index (κ2) is 10.6. The summed E-state index contributed by atoms with van der Waals surface area (Å²) in [6.07, 6.45) is 1.69. The van der Waals surface area contributed by atoms with Gasteiger partial charge in [0, 0.05) is 6.07 Å². The first-order valence-electron chi connectivity index (χ1n) is 9.56. The Hall–Kier alpha value is -3.66. The van der Waals surface area contributed by atoms with Gasteiger partial charge in [-0.25, -0.2) is 9.79 Å². The molecule has 0 radical (unpaired) electrons. The lowest BCUT2D eigenvalue weighted by molar-refractivity contribution is -0.139. The summed E-state index contributed by atoms with van der Waals surface area (Å²) in [6, 6.07) is 10.2. The minimum absolute atomic E-state index is 0.287. The summed E-state index contributed by atoms with van der Waals surface area (Å²) >= 11 is 1.19. The van der Waals surface area contributed by atoms with Crippen molar-refractivity contribution in [3.63, 3.8) is 0 Å². The summed E-state index contributed by atoms with van der Waals surface area (Å²) in [4.78, 5) is 28.1. The molecule has 0 bridgehead atoms. The molecule has 0 spiro atoms. The first-order chi connectivity index (χ1) is 15.4. The Morgan fingerprint density at radius 2 is 1.91 bits per heavy atom. The highest BCUT2D eigenvalue weighted by molar-refractivity contribution is 8.18. The molecule has 1 aliphatic heterocycles. The number of aliphatic imine (C=N–C) groups is 1. The van der Waals surface area contributed by atoms with Crippen molar-refractivity contribution < 1.29 is 33.6 Å². The van der Waals surface area contributed by atoms with E-state index < -0.39 is 12.6 Å². The van der Waals surface area contributed by atoms with Gasteiger partial charge in [0.2, 0.25) is 0 Å². The number of carbonyl (C=O) groups excluding carboxylic acids is 1. The number of aliphatic carboxylic acids is 1. The molecule has 168 valence electrons. The van der Waals surface area contributed by atoms with Crippen molar-refractivity contribution in [1.29, 1.82) is 0 Å². The summed E-state index contributed by atoms with van der Waals surface area (Å²) in [5, 5.41) is 12.0. The Balaban J connectivity index is 1.83. The zero-order valence-electron chi connectivity index (χ0n) is 17.7. The third kappa shape index (κ3) is 5.73. The zero-order valence-corrected chi connectivity index (χ0v) is 18.5. The molecule has 32 heavy (non-hydrogen) atoms. The fraction of sp³-hybridized carbons (Fsp3) is 0.227. The van der Waals surface area contributed by atoms with Crippen molar-refractivity contribution in [3.8, 4) is 23.0 Å². The van der Waals surface area contributed by atoms with Crippen LogP contribution in [0.3, 0.4) is 0 Å². The van der Waals surface area contributed by atoms with Gasteiger partial charge < -0.3 is 29.4 Å². The summed E-state index contributed by atoms with van der Waals surface area (Å²) in [6.45, 7) is 1.70. The van der Waals surface area contributed by atoms with Crippen LogP contribution in [-0.4, -0.2) is 49.6 Å². The number of hydrogen-bond donors (Lipinski definition) is 2. The first-order valence-corrected chi connectivity index (χ1v) is 10.4. The summed E-state index contributed by atoms with van der Waals surface area (Å²) < 4.78 is 21.3. The number of nitrogens with one attached hydrogen (secondary N) is 1. The van der Waals surface area contributed by atoms with Crippen LogP contribution in [0.2, 0.25) is 0 Å². The first kappa shape index (κ1) is 23.0. The lowest BCUT2D eigenvalue weighted by atomic mass is 10.2. The van der Waals surface area contributed by atoms with Crippen molar-refractivity contribution >= 4 is 40.6 Å². The Morgan fingerprint density at radius 3 is 2.59 bits per heavy atom. The Bertz CT molecular complexity index is 1080. The van der Waals surface area contributed by atoms with Crippen molar-refractivity contribution in [2.45, 2.75) is 6.92 Å². The van der Waals surface area contributed by atoms with E-state index in [1.807, 2.05) is 6.92 Å². The van der Waals surface area contributed by atoms with E-state index in [9.17, 15) is 9.59 Å². The van der Waals surface area contributed by atoms with E-state index in [1.54, 1.807) is 49.6 Å². The molecule has 0 aromatic heterocycles. The second-order valence-electron chi connectivity index (χ2n) is 6.34. The molecular formula is C22H22N2O7S. The molecule has 2 aromatic rings. The van der Waals surface area contributed by atoms with Gasteiger partial charge in [-0.2, -0.15) is 0 Å². The molecular weight excluding hydrogens is 436 g/mol. The van der Waals surface area contributed by atoms with E-state index in [2.05, 4.69) is 10.3 Å². The predicted molar refractivity (Wildman–Crippen MR) is 121 cm³/mol. The summed E-state index contributed by atoms with van der Waals surface area (Å²) in [7, 11) is 3.09. The lowest BCUT2D eigenvalue weighted by Gasteiger charge is -2.11. The smallest absolute Gasteiger partial charge is 0.341 e. The summed E-state index contributed by atoms with van der Waals surface area (Å²) in [5.74, 6) is 0.485. The van der Waals surface area contributed by atoms with Gasteiger partial charge in [0.1, 0.15) is 17.2 Å². The molecule has 2 aromatic carbocycles. The number of ether oxygens (including phenoxy) is 4. The van der Waals surface area contributed by atoms with E-state index in [0.717, 1.165) is 0 Å². The van der Waals surface area contributed by atoms with Crippen molar-refractivity contribution in [1.82, 2.24) is 5.32 Å². The van der Waals surface area contributed by atoms with Crippen LogP contribution in [0.5, 0.6) is 23.0 Å². The van der Waals surface area contributed by atoms with Crippen LogP contribution < -0.4 is 24.3 Å². The normalized spacial score (nSPS) is 15.5. The highest BCUT2D eigenvalue weighted by Crippen LogP contribution is 2.35. The van der Waals surface area contributed by atoms with Gasteiger partial charge >= 0.3 is 5.97 Å². The number of amidine groups is 1. The Morgan fingerprint density at radius 1 is 1.09 bits per heavy atom. The molecule has 0 unspecified atom stereocenters. The standard InChI is InChI=1S/C22H22N2O7S/c1-4-30-18-9-13(5-8-16(18)31-12-20(25)26)10-19-21(27)24-22(32-19)23-15-7-6-14(28-2)11-17(15)29-3/h5-11H,4,12H2,1-3H3,(H,25,26)(H,23,24,27)/b19-10+. The number of hydrogen-bond acceptors (Lipinski definition) is 8. The summed E-state index contributed by atoms with van der Waals surface area (Å²) in [5.41, 5.74) is 1.24. The van der Waals surface area contributed by atoms with E-state index in [1.165, 1.54) is 18.9 Å². The predicted octanol–water partition coefficient (Wildman–Crippen LogP) is 3.46. The Labute approximate surface area is 189 Å². The van der Waals surface area contributed by atoms with E-state index in [0.29, 0.717) is 50.9 Å². The number of amides is 1. The number of carbonyl (C=O) groups is 2. The number of thioether (sulfide) groups is 1. The highest BCUT2D eigenvalue weighted by Gasteiger charge is 2.24. The van der Waals surface area contributed by atoms with Crippen molar-refractivity contribution in [3.05, 3.63) is 46.9 Å². The van der Waals surface area contributed by atoms with Gasteiger partial charge in [-0.1, -0.05) is 6.07 Å². The van der Waals surface area contributed by atoms with Crippen LogP contribution in [0, 0.1) is 0 Å². The molecule has 0 atom stereocenters. The average Bonchev–Trinajstić information content (AvgIpc) is 3.12. The fourth-order valence-electron chi connectivity index (χ4n) is 2.76. The highest BCUT2D eigenvalue weighted by atomic mass is 32.2. The molecule has 2 N–H and O–H groups in total. The van der Waals surface area contributed by atoms with Gasteiger partial charge in [-0.15, -0.1) is 0 Å². The van der Waals surface area contributed by atoms with Gasteiger partial charge in [-0.05, 0) is 54.6 Å². The third-order valence-corrected chi connectivity index (χ3v) is 5.09. The molecule has 10 heteroatoms. The number of methoxy groups -OCH3 is 2. The molecule has 9 nitrogen and oxygen atoms in total. The SMILES string of the molecule is CCOc1cc(/C=C2/SC(=Nc3ccc(OC)cc3OC)NC2=O)ccc1OCC(=O)O. The average molecular weight is 458 g/mol. The topological polar surface area (TPSA) is 116 Å². The number of carboxylic acid groups (broad SMARTS) is 1. The molecule has 1 amide bonds. The molecule has 1 saturated heterocycles. The largest absolute Gasteiger partial charge is 0.497 e. The number of nitrogens with zero attached hydrogens (tertiary/aromatic N) is 1. The molecule has 1 aliphatic rings. The van der Waals surface area contributed by atoms with Gasteiger partial charge in [0.15, 0.2) is 23.3 Å². The molecule has 1 fully saturated rings. The quantitative estimate of drug-likeness (QED) is 0.549. The van der Waals surface area contributed by atoms with Gasteiger partial charge in [-0.3, -0.25) is 4.79 Å². The fourth-order valence-corrected chi connectivity index (χ4v) is 3.59. The van der Waals surface area contributed by atoms with Crippen LogP contribution in [0.15, 0.2) is 46.3 Å². The van der Waals surface area contributed by atoms with Crippen molar-refractivity contribution in [2.24, 2.45) is 4.99 Å². The number of carboxylic acids is 1. The Kier molecular flexibility index (Phi) is 7.61. The van der Waals surface area contributed by atoms with E-state index >= 15 is 0 Å². The third-order valence-electron chi connectivity index (χ3n) is 4.18. The van der Waals surface area contributed by atoms with E-state index in [4.69, 9.17) is 24.1 Å². The van der Waals surface area contributed by atoms with Crippen LogP contribution in [0.25, 0.3) is 6.08 Å². The minimum Gasteiger partial charge on any atom is -0.497 e. The minimum atomic E-state index is -1.09. The maximum absolute atomic E-state index is 12.4. The van der Waals surface area contributed by atoms with Gasteiger partial charge in [0.25, 0.3) is 5.91 Å². The van der Waals surface area contributed by atoms with Crippen molar-refractivity contribution in [2.75, 3.05) is 27.4 Å². The maximum atomic E-state index is 12.4. The van der Waals surface area contributed by atoms with Crippen LogP contribution >= 0.6 is 11.8 Å². The maximum Gasteiger partial charge on any atom is 0.341 e. The second-order valence-corrected chi connectivity index (χ2v) is 7.37. The van der Waals surface area contributed by atoms with Crippen LogP contribution in [0.4, 0.5) is 5.69 Å². The monoisotopic (exact) mass is 458 g/mol. The number of benzene rings is 2. The van der Waals surface area contributed by atoms with Crippen LogP contribution in [0.1, 0.15) is 12.5 Å². The number of rotatable bonds is 9.